The molecule has 2 aromatic carbocycles. The SMILES string of the molecule is c1ccc(-c2ncc(CNC(c3ccccc3)C3CC3)cn2)cc1. The minimum atomic E-state index is 0.431. The van der Waals surface area contributed by atoms with Crippen LogP contribution in [0.2, 0.25) is 0 Å². The van der Waals surface area contributed by atoms with Crippen molar-refractivity contribution in [1.82, 2.24) is 15.3 Å². The molecule has 24 heavy (non-hydrogen) atoms. The largest absolute Gasteiger partial charge is 0.305 e. The Morgan fingerprint density at radius 1 is 0.875 bits per heavy atom. The van der Waals surface area contributed by atoms with Gasteiger partial charge in [0.1, 0.15) is 0 Å². The zero-order chi connectivity index (χ0) is 16.2. The van der Waals surface area contributed by atoms with E-state index >= 15 is 0 Å². The Labute approximate surface area is 142 Å². The van der Waals surface area contributed by atoms with E-state index in [9.17, 15) is 0 Å². The Hall–Kier alpha value is -2.52. The molecule has 1 N–H and O–H groups in total. The smallest absolute Gasteiger partial charge is 0.159 e. The molecule has 0 amide bonds. The molecule has 4 rings (SSSR count). The van der Waals surface area contributed by atoms with Crippen LogP contribution in [0, 0.1) is 5.92 Å². The maximum atomic E-state index is 4.51. The monoisotopic (exact) mass is 315 g/mol. The topological polar surface area (TPSA) is 37.8 Å². The van der Waals surface area contributed by atoms with Gasteiger partial charge in [0.15, 0.2) is 5.82 Å². The molecular weight excluding hydrogens is 294 g/mol. The van der Waals surface area contributed by atoms with Crippen molar-refractivity contribution in [2.45, 2.75) is 25.4 Å². The number of aromatic nitrogens is 2. The lowest BCUT2D eigenvalue weighted by Gasteiger charge is -2.18. The third-order valence-corrected chi connectivity index (χ3v) is 4.52. The van der Waals surface area contributed by atoms with Crippen LogP contribution < -0.4 is 5.32 Å². The first-order chi connectivity index (χ1) is 11.9. The predicted octanol–water partition coefficient (Wildman–Crippen LogP) is 4.38. The van der Waals surface area contributed by atoms with E-state index in [-0.39, 0.29) is 0 Å². The first kappa shape index (κ1) is 15.0. The lowest BCUT2D eigenvalue weighted by atomic mass is 10.0. The molecule has 0 saturated heterocycles. The summed E-state index contributed by atoms with van der Waals surface area (Å²) in [5.41, 5.74) is 3.55. The second kappa shape index (κ2) is 6.93. The van der Waals surface area contributed by atoms with Gasteiger partial charge in [-0.05, 0) is 24.3 Å². The molecule has 3 heteroatoms. The molecular formula is C21H21N3. The van der Waals surface area contributed by atoms with Gasteiger partial charge in [-0.3, -0.25) is 0 Å². The molecule has 3 aromatic rings. The van der Waals surface area contributed by atoms with Crippen molar-refractivity contribution >= 4 is 0 Å². The molecule has 1 aliphatic carbocycles. The van der Waals surface area contributed by atoms with Crippen LogP contribution in [-0.2, 0) is 6.54 Å². The van der Waals surface area contributed by atoms with Gasteiger partial charge in [0.2, 0.25) is 0 Å². The quantitative estimate of drug-likeness (QED) is 0.733. The summed E-state index contributed by atoms with van der Waals surface area (Å²) in [7, 11) is 0. The van der Waals surface area contributed by atoms with Crippen LogP contribution in [0.1, 0.15) is 30.0 Å². The van der Waals surface area contributed by atoms with E-state index in [4.69, 9.17) is 0 Å². The van der Waals surface area contributed by atoms with Crippen molar-refractivity contribution in [3.63, 3.8) is 0 Å². The van der Waals surface area contributed by atoms with E-state index in [0.29, 0.717) is 6.04 Å². The first-order valence-electron chi connectivity index (χ1n) is 8.55. The highest BCUT2D eigenvalue weighted by atomic mass is 14.9. The maximum Gasteiger partial charge on any atom is 0.159 e. The molecule has 0 aliphatic heterocycles. The van der Waals surface area contributed by atoms with E-state index in [1.54, 1.807) is 0 Å². The van der Waals surface area contributed by atoms with Crippen molar-refractivity contribution in [2.75, 3.05) is 0 Å². The van der Waals surface area contributed by atoms with Crippen molar-refractivity contribution in [1.29, 1.82) is 0 Å². The fourth-order valence-corrected chi connectivity index (χ4v) is 3.06. The summed E-state index contributed by atoms with van der Waals surface area (Å²) in [6.07, 6.45) is 6.49. The van der Waals surface area contributed by atoms with Crippen LogP contribution >= 0.6 is 0 Å². The van der Waals surface area contributed by atoms with Crippen LogP contribution in [0.3, 0.4) is 0 Å². The minimum absolute atomic E-state index is 0.431. The highest BCUT2D eigenvalue weighted by Crippen LogP contribution is 2.41. The van der Waals surface area contributed by atoms with Gasteiger partial charge in [0, 0.05) is 36.1 Å². The van der Waals surface area contributed by atoms with Crippen molar-refractivity contribution in [3.05, 3.63) is 84.2 Å². The molecule has 1 aliphatic rings. The zero-order valence-electron chi connectivity index (χ0n) is 13.6. The number of nitrogens with zero attached hydrogens (tertiary/aromatic N) is 2. The Bertz CT molecular complexity index is 765. The van der Waals surface area contributed by atoms with E-state index in [2.05, 4.69) is 45.6 Å². The Balaban J connectivity index is 1.43. The van der Waals surface area contributed by atoms with Crippen molar-refractivity contribution in [2.24, 2.45) is 5.92 Å². The number of rotatable bonds is 6. The van der Waals surface area contributed by atoms with E-state index in [1.165, 1.54) is 18.4 Å². The molecule has 1 heterocycles. The van der Waals surface area contributed by atoms with Gasteiger partial charge in [0.05, 0.1) is 0 Å². The highest BCUT2D eigenvalue weighted by Gasteiger charge is 2.31. The summed E-state index contributed by atoms with van der Waals surface area (Å²) in [6.45, 7) is 0.797. The fourth-order valence-electron chi connectivity index (χ4n) is 3.06. The van der Waals surface area contributed by atoms with E-state index < -0.39 is 0 Å². The molecule has 1 fully saturated rings. The fraction of sp³-hybridized carbons (Fsp3) is 0.238. The van der Waals surface area contributed by atoms with Crippen molar-refractivity contribution < 1.29 is 0 Å². The standard InChI is InChI=1S/C21H21N3/c1-3-7-17(8-4-1)20(18-11-12-18)22-13-16-14-23-21(24-15-16)19-9-5-2-6-10-19/h1-10,14-15,18,20,22H,11-13H2. The number of nitrogens with one attached hydrogen (secondary N) is 1. The molecule has 120 valence electrons. The van der Waals surface area contributed by atoms with Crippen LogP contribution in [0.5, 0.6) is 0 Å². The van der Waals surface area contributed by atoms with Gasteiger partial charge in [-0.25, -0.2) is 9.97 Å². The van der Waals surface area contributed by atoms with Crippen LogP contribution in [0.4, 0.5) is 0 Å². The Morgan fingerprint density at radius 2 is 1.50 bits per heavy atom. The van der Waals surface area contributed by atoms with Gasteiger partial charge in [0.25, 0.3) is 0 Å². The van der Waals surface area contributed by atoms with E-state index in [0.717, 1.165) is 29.4 Å². The first-order valence-corrected chi connectivity index (χ1v) is 8.55. The normalized spacial score (nSPS) is 15.2. The summed E-state index contributed by atoms with van der Waals surface area (Å²) < 4.78 is 0. The Kier molecular flexibility index (Phi) is 4.34. The molecule has 3 nitrogen and oxygen atoms in total. The van der Waals surface area contributed by atoms with Gasteiger partial charge in [-0.15, -0.1) is 0 Å². The molecule has 1 saturated carbocycles. The summed E-state index contributed by atoms with van der Waals surface area (Å²) >= 11 is 0. The summed E-state index contributed by atoms with van der Waals surface area (Å²) in [4.78, 5) is 9.02. The highest BCUT2D eigenvalue weighted by molar-refractivity contribution is 5.53. The van der Waals surface area contributed by atoms with Gasteiger partial charge >= 0.3 is 0 Å². The number of hydrogen-bond acceptors (Lipinski definition) is 3. The number of benzene rings is 2. The molecule has 0 bridgehead atoms. The van der Waals surface area contributed by atoms with Crippen LogP contribution in [-0.4, -0.2) is 9.97 Å². The third kappa shape index (κ3) is 3.52. The van der Waals surface area contributed by atoms with Crippen LogP contribution in [0.25, 0.3) is 11.4 Å². The van der Waals surface area contributed by atoms with Gasteiger partial charge in [-0.1, -0.05) is 60.7 Å². The number of hydrogen-bond donors (Lipinski definition) is 1. The average molecular weight is 315 g/mol. The predicted molar refractivity (Wildman–Crippen MR) is 96.2 cm³/mol. The van der Waals surface area contributed by atoms with Gasteiger partial charge in [-0.2, -0.15) is 0 Å². The lowest BCUT2D eigenvalue weighted by molar-refractivity contribution is 0.479. The van der Waals surface area contributed by atoms with Crippen molar-refractivity contribution in [3.8, 4) is 11.4 Å². The summed E-state index contributed by atoms with van der Waals surface area (Å²) in [6, 6.07) is 21.2. The molecule has 1 atom stereocenters. The molecule has 1 unspecified atom stereocenters. The summed E-state index contributed by atoms with van der Waals surface area (Å²) in [5.74, 6) is 1.54. The third-order valence-electron chi connectivity index (χ3n) is 4.52. The Morgan fingerprint density at radius 3 is 2.12 bits per heavy atom. The second-order valence-corrected chi connectivity index (χ2v) is 6.39. The van der Waals surface area contributed by atoms with Gasteiger partial charge < -0.3 is 5.32 Å². The van der Waals surface area contributed by atoms with E-state index in [1.807, 2.05) is 42.7 Å². The lowest BCUT2D eigenvalue weighted by Crippen LogP contribution is -2.22. The molecule has 0 spiro atoms. The molecule has 0 radical (unpaired) electrons. The summed E-state index contributed by atoms with van der Waals surface area (Å²) in [5, 5.41) is 3.69. The second-order valence-electron chi connectivity index (χ2n) is 6.39. The zero-order valence-corrected chi connectivity index (χ0v) is 13.6. The maximum absolute atomic E-state index is 4.51. The van der Waals surface area contributed by atoms with Crippen LogP contribution in [0.15, 0.2) is 73.1 Å². The average Bonchev–Trinajstić information content (AvgIpc) is 3.49. The molecule has 1 aromatic heterocycles. The minimum Gasteiger partial charge on any atom is -0.305 e.